The number of nitrogens with one attached hydrogen (secondary N) is 1. The Morgan fingerprint density at radius 2 is 2.21 bits per heavy atom. The highest BCUT2D eigenvalue weighted by atomic mass is 32.1. The first-order valence-electron chi connectivity index (χ1n) is 7.39. The predicted molar refractivity (Wildman–Crippen MR) is 80.3 cm³/mol. The van der Waals surface area contributed by atoms with Crippen molar-refractivity contribution in [3.05, 3.63) is 16.6 Å². The Balaban J connectivity index is 1.72. The molecule has 0 amide bonds. The predicted octanol–water partition coefficient (Wildman–Crippen LogP) is 2.74. The standard InChI is InChI=1S/C15H25N3S/c1-15(2,3)14-7-17-13(11-4-5-11)9-18(14)8-12-6-16-10-19-12/h6,10-11,13-14,17H,4-5,7-9H2,1-3H3. The first-order chi connectivity index (χ1) is 9.04. The topological polar surface area (TPSA) is 28.2 Å². The zero-order valence-electron chi connectivity index (χ0n) is 12.2. The van der Waals surface area contributed by atoms with Crippen LogP contribution < -0.4 is 5.32 Å². The van der Waals surface area contributed by atoms with Gasteiger partial charge in [0, 0.05) is 42.8 Å². The molecule has 2 aliphatic rings. The Morgan fingerprint density at radius 1 is 1.42 bits per heavy atom. The van der Waals surface area contributed by atoms with Crippen LogP contribution in [-0.2, 0) is 6.54 Å². The molecule has 3 rings (SSSR count). The van der Waals surface area contributed by atoms with E-state index < -0.39 is 0 Å². The van der Waals surface area contributed by atoms with Gasteiger partial charge in [-0.1, -0.05) is 20.8 Å². The quantitative estimate of drug-likeness (QED) is 0.922. The van der Waals surface area contributed by atoms with Gasteiger partial charge < -0.3 is 5.32 Å². The Labute approximate surface area is 120 Å². The lowest BCUT2D eigenvalue weighted by molar-refractivity contribution is 0.0457. The number of thiazole rings is 1. The maximum Gasteiger partial charge on any atom is 0.0794 e. The van der Waals surface area contributed by atoms with Gasteiger partial charge in [0.25, 0.3) is 0 Å². The Hall–Kier alpha value is -0.450. The van der Waals surface area contributed by atoms with Crippen molar-refractivity contribution in [2.45, 2.75) is 52.2 Å². The van der Waals surface area contributed by atoms with Crippen LogP contribution in [0.25, 0.3) is 0 Å². The average Bonchev–Trinajstić information content (AvgIpc) is 3.07. The summed E-state index contributed by atoms with van der Waals surface area (Å²) in [6, 6.07) is 1.33. The van der Waals surface area contributed by atoms with Gasteiger partial charge in [0.05, 0.1) is 5.51 Å². The summed E-state index contributed by atoms with van der Waals surface area (Å²) in [6.45, 7) is 10.5. The number of hydrogen-bond donors (Lipinski definition) is 1. The fraction of sp³-hybridized carbons (Fsp3) is 0.800. The van der Waals surface area contributed by atoms with Gasteiger partial charge >= 0.3 is 0 Å². The smallest absolute Gasteiger partial charge is 0.0794 e. The molecule has 1 aromatic heterocycles. The minimum absolute atomic E-state index is 0.326. The molecule has 1 aliphatic carbocycles. The molecule has 0 aromatic carbocycles. The van der Waals surface area contributed by atoms with E-state index >= 15 is 0 Å². The highest BCUT2D eigenvalue weighted by molar-refractivity contribution is 7.09. The molecule has 1 N–H and O–H groups in total. The monoisotopic (exact) mass is 279 g/mol. The van der Waals surface area contributed by atoms with E-state index in [9.17, 15) is 0 Å². The summed E-state index contributed by atoms with van der Waals surface area (Å²) in [4.78, 5) is 8.30. The third-order valence-electron chi connectivity index (χ3n) is 4.48. The molecule has 3 nitrogen and oxygen atoms in total. The Kier molecular flexibility index (Phi) is 3.67. The number of hydrogen-bond acceptors (Lipinski definition) is 4. The fourth-order valence-electron chi connectivity index (χ4n) is 3.20. The van der Waals surface area contributed by atoms with Crippen molar-refractivity contribution in [2.24, 2.45) is 11.3 Å². The second-order valence-corrected chi connectivity index (χ2v) is 8.10. The molecule has 0 radical (unpaired) electrons. The largest absolute Gasteiger partial charge is 0.311 e. The van der Waals surface area contributed by atoms with Crippen LogP contribution in [0.3, 0.4) is 0 Å². The summed E-state index contributed by atoms with van der Waals surface area (Å²) in [5.41, 5.74) is 2.27. The summed E-state index contributed by atoms with van der Waals surface area (Å²) < 4.78 is 0. The van der Waals surface area contributed by atoms with Crippen molar-refractivity contribution >= 4 is 11.3 Å². The van der Waals surface area contributed by atoms with Crippen LogP contribution in [0, 0.1) is 11.3 Å². The molecule has 1 aromatic rings. The number of nitrogens with zero attached hydrogens (tertiary/aromatic N) is 2. The van der Waals surface area contributed by atoms with Gasteiger partial charge in [0.1, 0.15) is 0 Å². The Morgan fingerprint density at radius 3 is 2.79 bits per heavy atom. The van der Waals surface area contributed by atoms with Gasteiger partial charge in [0.2, 0.25) is 0 Å². The molecular weight excluding hydrogens is 254 g/mol. The summed E-state index contributed by atoms with van der Waals surface area (Å²) >= 11 is 1.78. The highest BCUT2D eigenvalue weighted by Crippen LogP contribution is 2.36. The van der Waals surface area contributed by atoms with Crippen molar-refractivity contribution in [3.8, 4) is 0 Å². The molecule has 4 heteroatoms. The summed E-state index contributed by atoms with van der Waals surface area (Å²) in [5, 5.41) is 3.79. The summed E-state index contributed by atoms with van der Waals surface area (Å²) in [6.07, 6.45) is 4.87. The molecule has 0 bridgehead atoms. The molecule has 2 fully saturated rings. The molecule has 1 saturated heterocycles. The minimum atomic E-state index is 0.326. The fourth-order valence-corrected chi connectivity index (χ4v) is 3.82. The van der Waals surface area contributed by atoms with Crippen LogP contribution in [-0.4, -0.2) is 35.1 Å². The van der Waals surface area contributed by atoms with Crippen molar-refractivity contribution in [1.29, 1.82) is 0 Å². The van der Waals surface area contributed by atoms with E-state index in [4.69, 9.17) is 0 Å². The van der Waals surface area contributed by atoms with Crippen LogP contribution >= 0.6 is 11.3 Å². The van der Waals surface area contributed by atoms with E-state index in [-0.39, 0.29) is 0 Å². The van der Waals surface area contributed by atoms with Crippen molar-refractivity contribution < 1.29 is 0 Å². The van der Waals surface area contributed by atoms with E-state index in [0.717, 1.165) is 19.0 Å². The lowest BCUT2D eigenvalue weighted by Crippen LogP contribution is -2.60. The third-order valence-corrected chi connectivity index (χ3v) is 5.24. The number of rotatable bonds is 3. The summed E-state index contributed by atoms with van der Waals surface area (Å²) in [5.74, 6) is 0.935. The molecular formula is C15H25N3S. The molecule has 19 heavy (non-hydrogen) atoms. The third kappa shape index (κ3) is 3.18. The van der Waals surface area contributed by atoms with Crippen LogP contribution in [0.5, 0.6) is 0 Å². The second kappa shape index (κ2) is 5.15. The maximum atomic E-state index is 4.22. The molecule has 1 saturated carbocycles. The van der Waals surface area contributed by atoms with Gasteiger partial charge in [-0.15, -0.1) is 11.3 Å². The minimum Gasteiger partial charge on any atom is -0.311 e. The van der Waals surface area contributed by atoms with Crippen molar-refractivity contribution in [2.75, 3.05) is 13.1 Å². The van der Waals surface area contributed by atoms with Gasteiger partial charge in [-0.05, 0) is 24.2 Å². The van der Waals surface area contributed by atoms with Crippen LogP contribution in [0.4, 0.5) is 0 Å². The number of aromatic nitrogens is 1. The van der Waals surface area contributed by atoms with Gasteiger partial charge in [-0.3, -0.25) is 9.88 Å². The first-order valence-corrected chi connectivity index (χ1v) is 8.27. The highest BCUT2D eigenvalue weighted by Gasteiger charge is 2.40. The number of piperazine rings is 1. The lowest BCUT2D eigenvalue weighted by Gasteiger charge is -2.46. The van der Waals surface area contributed by atoms with Crippen LogP contribution in [0.2, 0.25) is 0 Å². The molecule has 2 heterocycles. The molecule has 2 unspecified atom stereocenters. The molecule has 1 aliphatic heterocycles. The lowest BCUT2D eigenvalue weighted by atomic mass is 9.83. The van der Waals surface area contributed by atoms with E-state index in [1.807, 2.05) is 11.7 Å². The van der Waals surface area contributed by atoms with Gasteiger partial charge in [0.15, 0.2) is 0 Å². The van der Waals surface area contributed by atoms with Crippen LogP contribution in [0.1, 0.15) is 38.5 Å². The molecule has 106 valence electrons. The SMILES string of the molecule is CC(C)(C)C1CNC(C2CC2)CN1Cc1cncs1. The molecule has 0 spiro atoms. The van der Waals surface area contributed by atoms with Crippen molar-refractivity contribution in [1.82, 2.24) is 15.2 Å². The zero-order valence-corrected chi connectivity index (χ0v) is 13.0. The maximum absolute atomic E-state index is 4.22. The van der Waals surface area contributed by atoms with Gasteiger partial charge in [-0.25, -0.2) is 0 Å². The second-order valence-electron chi connectivity index (χ2n) is 7.13. The van der Waals surface area contributed by atoms with Gasteiger partial charge in [-0.2, -0.15) is 0 Å². The van der Waals surface area contributed by atoms with Crippen molar-refractivity contribution in [3.63, 3.8) is 0 Å². The van der Waals surface area contributed by atoms with E-state index in [0.29, 0.717) is 17.5 Å². The van der Waals surface area contributed by atoms with Crippen LogP contribution in [0.15, 0.2) is 11.7 Å². The zero-order chi connectivity index (χ0) is 13.5. The summed E-state index contributed by atoms with van der Waals surface area (Å²) in [7, 11) is 0. The normalized spacial score (nSPS) is 29.6. The first kappa shape index (κ1) is 13.5. The average molecular weight is 279 g/mol. The molecule has 2 atom stereocenters. The van der Waals surface area contributed by atoms with E-state index in [2.05, 4.69) is 36.0 Å². The van der Waals surface area contributed by atoms with E-state index in [1.54, 1.807) is 11.3 Å². The Bertz CT molecular complexity index is 406. The van der Waals surface area contributed by atoms with E-state index in [1.165, 1.54) is 24.3 Å².